The summed E-state index contributed by atoms with van der Waals surface area (Å²) in [5.41, 5.74) is 1.95. The van der Waals surface area contributed by atoms with Gasteiger partial charge in [0.15, 0.2) is 12.4 Å². The highest BCUT2D eigenvalue weighted by atomic mass is 16.5. The quantitative estimate of drug-likeness (QED) is 0.366. The summed E-state index contributed by atoms with van der Waals surface area (Å²) in [6.45, 7) is 0.00847. The lowest BCUT2D eigenvalue weighted by atomic mass is 10.0. The molecule has 1 N–H and O–H groups in total. The number of amides is 2. The van der Waals surface area contributed by atoms with Gasteiger partial charge in [0.2, 0.25) is 0 Å². The molecule has 2 amide bonds. The van der Waals surface area contributed by atoms with Gasteiger partial charge in [-0.05, 0) is 48.5 Å². The van der Waals surface area contributed by atoms with Crippen molar-refractivity contribution < 1.29 is 23.5 Å². The number of nitrogens with zero attached hydrogens (tertiary/aromatic N) is 1. The van der Waals surface area contributed by atoms with Crippen molar-refractivity contribution in [2.45, 2.75) is 6.54 Å². The number of para-hydroxylation sites is 1. The van der Waals surface area contributed by atoms with Crippen LogP contribution in [0.25, 0.3) is 0 Å². The second-order valence-electron chi connectivity index (χ2n) is 7.74. The lowest BCUT2D eigenvalue weighted by molar-refractivity contribution is -0.120. The van der Waals surface area contributed by atoms with Crippen LogP contribution in [0, 0.1) is 0 Å². The van der Waals surface area contributed by atoms with Crippen molar-refractivity contribution >= 4 is 23.3 Å². The molecule has 176 valence electrons. The first-order valence-electron chi connectivity index (χ1n) is 11.0. The number of hydrogen-bond acceptors (Lipinski definition) is 5. The van der Waals surface area contributed by atoms with E-state index in [2.05, 4.69) is 5.32 Å². The molecule has 0 saturated carbocycles. The van der Waals surface area contributed by atoms with Gasteiger partial charge in [-0.1, -0.05) is 42.5 Å². The van der Waals surface area contributed by atoms with Gasteiger partial charge >= 0.3 is 0 Å². The second kappa shape index (κ2) is 11.0. The van der Waals surface area contributed by atoms with Crippen molar-refractivity contribution in [2.75, 3.05) is 18.6 Å². The van der Waals surface area contributed by atoms with Gasteiger partial charge in [-0.25, -0.2) is 0 Å². The molecule has 35 heavy (non-hydrogen) atoms. The molecule has 0 aliphatic heterocycles. The Morgan fingerprint density at radius 1 is 0.829 bits per heavy atom. The van der Waals surface area contributed by atoms with Gasteiger partial charge < -0.3 is 19.4 Å². The summed E-state index contributed by atoms with van der Waals surface area (Å²) < 4.78 is 10.9. The molecule has 1 aromatic heterocycles. The molecule has 0 saturated heterocycles. The highest BCUT2D eigenvalue weighted by molar-refractivity contribution is 6.09. The van der Waals surface area contributed by atoms with Gasteiger partial charge in [0.25, 0.3) is 11.8 Å². The summed E-state index contributed by atoms with van der Waals surface area (Å²) in [6.07, 6.45) is 1.54. The van der Waals surface area contributed by atoms with E-state index in [1.54, 1.807) is 79.8 Å². The maximum absolute atomic E-state index is 12.8. The highest BCUT2D eigenvalue weighted by Crippen LogP contribution is 2.21. The van der Waals surface area contributed by atoms with Crippen LogP contribution in [-0.4, -0.2) is 31.3 Å². The van der Waals surface area contributed by atoms with Crippen LogP contribution in [-0.2, 0) is 11.3 Å². The van der Waals surface area contributed by atoms with Gasteiger partial charge in [-0.15, -0.1) is 0 Å². The molecule has 4 aromatic rings. The second-order valence-corrected chi connectivity index (χ2v) is 7.74. The molecule has 3 aromatic carbocycles. The Balaban J connectivity index is 1.36. The zero-order chi connectivity index (χ0) is 24.6. The van der Waals surface area contributed by atoms with Crippen LogP contribution in [0.3, 0.4) is 0 Å². The predicted octanol–water partition coefficient (Wildman–Crippen LogP) is 4.48. The summed E-state index contributed by atoms with van der Waals surface area (Å²) in [7, 11) is 1.59. The largest absolute Gasteiger partial charge is 0.484 e. The summed E-state index contributed by atoms with van der Waals surface area (Å²) in [5, 5.41) is 2.79. The van der Waals surface area contributed by atoms with E-state index in [0.717, 1.165) is 0 Å². The number of nitrogens with one attached hydrogen (secondary N) is 1. The van der Waals surface area contributed by atoms with Crippen molar-refractivity contribution in [3.8, 4) is 5.75 Å². The lowest BCUT2D eigenvalue weighted by Gasteiger charge is -2.20. The number of ketones is 1. The minimum Gasteiger partial charge on any atom is -0.484 e. The molecule has 0 unspecified atom stereocenters. The van der Waals surface area contributed by atoms with Crippen LogP contribution < -0.4 is 15.0 Å². The third kappa shape index (κ3) is 5.83. The Hall–Kier alpha value is -4.65. The first-order chi connectivity index (χ1) is 17.0. The van der Waals surface area contributed by atoms with E-state index in [0.29, 0.717) is 33.9 Å². The zero-order valence-electron chi connectivity index (χ0n) is 19.1. The summed E-state index contributed by atoms with van der Waals surface area (Å²) in [6, 6.07) is 26.0. The number of ether oxygens (including phenoxy) is 1. The molecule has 0 aliphatic rings. The van der Waals surface area contributed by atoms with Crippen LogP contribution >= 0.6 is 0 Å². The normalized spacial score (nSPS) is 10.4. The molecule has 7 heteroatoms. The van der Waals surface area contributed by atoms with E-state index in [1.165, 1.54) is 11.2 Å². The van der Waals surface area contributed by atoms with Gasteiger partial charge in [0.05, 0.1) is 24.1 Å². The average molecular weight is 469 g/mol. The first-order valence-corrected chi connectivity index (χ1v) is 11.0. The topological polar surface area (TPSA) is 88.8 Å². The minimum absolute atomic E-state index is 0.0881. The van der Waals surface area contributed by atoms with E-state index in [4.69, 9.17) is 9.15 Å². The van der Waals surface area contributed by atoms with Crippen LogP contribution in [0.5, 0.6) is 5.75 Å². The Labute approximate surface area is 202 Å². The number of furan rings is 1. The monoisotopic (exact) mass is 468 g/mol. The zero-order valence-corrected chi connectivity index (χ0v) is 19.1. The lowest BCUT2D eigenvalue weighted by Crippen LogP contribution is -2.33. The third-order valence-corrected chi connectivity index (χ3v) is 5.40. The molecule has 1 heterocycles. The first kappa shape index (κ1) is 23.5. The van der Waals surface area contributed by atoms with Gasteiger partial charge in [0.1, 0.15) is 11.5 Å². The van der Waals surface area contributed by atoms with E-state index < -0.39 is 0 Å². The Bertz CT molecular complexity index is 1300. The molecular formula is C28H24N2O5. The van der Waals surface area contributed by atoms with Gasteiger partial charge in [0, 0.05) is 18.2 Å². The van der Waals surface area contributed by atoms with Crippen molar-refractivity contribution in [3.05, 3.63) is 120 Å². The molecule has 0 bridgehead atoms. The van der Waals surface area contributed by atoms with Crippen molar-refractivity contribution in [3.63, 3.8) is 0 Å². The van der Waals surface area contributed by atoms with E-state index >= 15 is 0 Å². The molecule has 4 rings (SSSR count). The van der Waals surface area contributed by atoms with Crippen LogP contribution in [0.15, 0.2) is 102 Å². The average Bonchev–Trinajstić information content (AvgIpc) is 3.44. The predicted molar refractivity (Wildman–Crippen MR) is 132 cm³/mol. The Kier molecular flexibility index (Phi) is 7.37. The smallest absolute Gasteiger partial charge is 0.264 e. The number of likely N-dealkylation sites (N-methyl/N-ethyl adjacent to an activating group) is 1. The Morgan fingerprint density at radius 3 is 2.23 bits per heavy atom. The molecule has 0 spiro atoms. The standard InChI is InChI=1S/C28H24N2O5/c1-30(25-12-6-5-11-24(25)28(33)29-18-23-10-7-17-34-23)26(31)19-35-22-15-13-21(14-16-22)27(32)20-8-3-2-4-9-20/h2-17H,18-19H2,1H3,(H,29,33). The maximum Gasteiger partial charge on any atom is 0.264 e. The molecule has 0 radical (unpaired) electrons. The summed E-state index contributed by atoms with van der Waals surface area (Å²) in [5.74, 6) is 0.345. The van der Waals surface area contributed by atoms with Gasteiger partial charge in [-0.3, -0.25) is 14.4 Å². The van der Waals surface area contributed by atoms with Crippen molar-refractivity contribution in [2.24, 2.45) is 0 Å². The maximum atomic E-state index is 12.8. The Morgan fingerprint density at radius 2 is 1.51 bits per heavy atom. The fourth-order valence-corrected chi connectivity index (χ4v) is 3.47. The number of carbonyl (C=O) groups excluding carboxylic acids is 3. The number of anilines is 1. The fraction of sp³-hybridized carbons (Fsp3) is 0.107. The van der Waals surface area contributed by atoms with Gasteiger partial charge in [-0.2, -0.15) is 0 Å². The molecule has 7 nitrogen and oxygen atoms in total. The van der Waals surface area contributed by atoms with E-state index in [9.17, 15) is 14.4 Å². The SMILES string of the molecule is CN(C(=O)COc1ccc(C(=O)c2ccccc2)cc1)c1ccccc1C(=O)NCc1ccco1. The van der Waals surface area contributed by atoms with Crippen LogP contribution in [0.1, 0.15) is 32.0 Å². The summed E-state index contributed by atoms with van der Waals surface area (Å²) >= 11 is 0. The molecule has 0 fully saturated rings. The van der Waals surface area contributed by atoms with Crippen LogP contribution in [0.4, 0.5) is 5.69 Å². The number of benzene rings is 3. The van der Waals surface area contributed by atoms with Crippen LogP contribution in [0.2, 0.25) is 0 Å². The van der Waals surface area contributed by atoms with Crippen molar-refractivity contribution in [1.29, 1.82) is 0 Å². The summed E-state index contributed by atoms with van der Waals surface area (Å²) in [4.78, 5) is 39.4. The third-order valence-electron chi connectivity index (χ3n) is 5.40. The van der Waals surface area contributed by atoms with Crippen molar-refractivity contribution in [1.82, 2.24) is 5.32 Å². The molecule has 0 atom stereocenters. The fourth-order valence-electron chi connectivity index (χ4n) is 3.47. The minimum atomic E-state index is -0.333. The molecular weight excluding hydrogens is 444 g/mol. The highest BCUT2D eigenvalue weighted by Gasteiger charge is 2.19. The number of rotatable bonds is 9. The molecule has 0 aliphatic carbocycles. The van der Waals surface area contributed by atoms with E-state index in [1.807, 2.05) is 18.2 Å². The van der Waals surface area contributed by atoms with E-state index in [-0.39, 0.29) is 30.7 Å². The number of hydrogen-bond donors (Lipinski definition) is 1. The number of carbonyl (C=O) groups is 3.